The van der Waals surface area contributed by atoms with Crippen molar-refractivity contribution in [2.24, 2.45) is 5.92 Å². The van der Waals surface area contributed by atoms with Crippen molar-refractivity contribution in [1.29, 1.82) is 0 Å². The Labute approximate surface area is 116 Å². The number of benzene rings is 1. The topological polar surface area (TPSA) is 24.5 Å². The van der Waals surface area contributed by atoms with Crippen LogP contribution in [0.3, 0.4) is 0 Å². The number of likely N-dealkylation sites (N-methyl/N-ethyl adjacent to an activating group) is 1. The Morgan fingerprint density at radius 2 is 1.89 bits per heavy atom. The summed E-state index contributed by atoms with van der Waals surface area (Å²) in [5.41, 5.74) is 1.31. The quantitative estimate of drug-likeness (QED) is 0.817. The van der Waals surface area contributed by atoms with Gasteiger partial charge in [-0.25, -0.2) is 0 Å². The molecule has 1 aromatic carbocycles. The van der Waals surface area contributed by atoms with Crippen LogP contribution < -0.4 is 10.1 Å². The highest BCUT2D eigenvalue weighted by Gasteiger charge is 2.32. The minimum atomic E-state index is 0.382. The van der Waals surface area contributed by atoms with Gasteiger partial charge in [-0.05, 0) is 57.5 Å². The van der Waals surface area contributed by atoms with Crippen LogP contribution in [0.1, 0.15) is 31.4 Å². The molecule has 0 aliphatic heterocycles. The summed E-state index contributed by atoms with van der Waals surface area (Å²) in [6.07, 6.45) is 2.78. The molecule has 1 N–H and O–H groups in total. The summed E-state index contributed by atoms with van der Waals surface area (Å²) in [5, 5.41) is 3.66. The maximum absolute atomic E-state index is 5.19. The number of methoxy groups -OCH3 is 1. The van der Waals surface area contributed by atoms with Crippen LogP contribution in [0.2, 0.25) is 0 Å². The second-order valence-corrected chi connectivity index (χ2v) is 5.77. The summed E-state index contributed by atoms with van der Waals surface area (Å²) in [6, 6.07) is 9.37. The molecule has 2 rings (SSSR count). The number of hydrogen-bond donors (Lipinski definition) is 1. The SMILES string of the molecule is COc1ccc(C(C)NCC(C2CC2)N(C)C)cc1. The van der Waals surface area contributed by atoms with Gasteiger partial charge in [-0.15, -0.1) is 0 Å². The highest BCUT2D eigenvalue weighted by molar-refractivity contribution is 5.28. The van der Waals surface area contributed by atoms with Crippen molar-refractivity contribution in [3.63, 3.8) is 0 Å². The molecule has 3 nitrogen and oxygen atoms in total. The Morgan fingerprint density at radius 3 is 2.37 bits per heavy atom. The van der Waals surface area contributed by atoms with Gasteiger partial charge in [0.2, 0.25) is 0 Å². The largest absolute Gasteiger partial charge is 0.497 e. The summed E-state index contributed by atoms with van der Waals surface area (Å²) >= 11 is 0. The normalized spacial score (nSPS) is 18.4. The number of nitrogens with one attached hydrogen (secondary N) is 1. The third kappa shape index (κ3) is 3.95. The number of rotatable bonds is 7. The predicted octanol–water partition coefficient (Wildman–Crippen LogP) is 2.69. The lowest BCUT2D eigenvalue weighted by Crippen LogP contribution is -2.40. The molecule has 2 unspecified atom stereocenters. The monoisotopic (exact) mass is 262 g/mol. The minimum absolute atomic E-state index is 0.382. The lowest BCUT2D eigenvalue weighted by molar-refractivity contribution is 0.250. The molecule has 106 valence electrons. The van der Waals surface area contributed by atoms with E-state index in [2.05, 4.69) is 43.4 Å². The fraction of sp³-hybridized carbons (Fsp3) is 0.625. The smallest absolute Gasteiger partial charge is 0.118 e. The van der Waals surface area contributed by atoms with Gasteiger partial charge in [0.1, 0.15) is 5.75 Å². The molecule has 3 heteroatoms. The van der Waals surface area contributed by atoms with Crippen LogP contribution in [0.15, 0.2) is 24.3 Å². The Morgan fingerprint density at radius 1 is 1.26 bits per heavy atom. The molecule has 1 saturated carbocycles. The predicted molar refractivity (Wildman–Crippen MR) is 79.6 cm³/mol. The molecule has 0 radical (unpaired) electrons. The van der Waals surface area contributed by atoms with Crippen molar-refractivity contribution in [3.05, 3.63) is 29.8 Å². The van der Waals surface area contributed by atoms with Gasteiger partial charge in [0.05, 0.1) is 7.11 Å². The van der Waals surface area contributed by atoms with Gasteiger partial charge in [0, 0.05) is 18.6 Å². The standard InChI is InChI=1S/C16H26N2O/c1-12(13-7-9-15(19-4)10-8-13)17-11-16(18(2)3)14-5-6-14/h7-10,12,14,16-17H,5-6,11H2,1-4H3. The van der Waals surface area contributed by atoms with Crippen LogP contribution in [0.5, 0.6) is 5.75 Å². The van der Waals surface area contributed by atoms with Crippen LogP contribution >= 0.6 is 0 Å². The van der Waals surface area contributed by atoms with E-state index in [1.807, 2.05) is 12.1 Å². The third-order valence-corrected chi connectivity index (χ3v) is 4.08. The third-order valence-electron chi connectivity index (χ3n) is 4.08. The molecule has 0 aromatic heterocycles. The van der Waals surface area contributed by atoms with Gasteiger partial charge in [0.25, 0.3) is 0 Å². The average molecular weight is 262 g/mol. The lowest BCUT2D eigenvalue weighted by Gasteiger charge is -2.26. The van der Waals surface area contributed by atoms with Crippen molar-refractivity contribution in [1.82, 2.24) is 10.2 Å². The second-order valence-electron chi connectivity index (χ2n) is 5.77. The summed E-state index contributed by atoms with van der Waals surface area (Å²) in [4.78, 5) is 2.35. The molecule has 0 bridgehead atoms. The van der Waals surface area contributed by atoms with Gasteiger partial charge in [0.15, 0.2) is 0 Å². The first-order valence-electron chi connectivity index (χ1n) is 7.15. The Hall–Kier alpha value is -1.06. The Kier molecular flexibility index (Phi) is 4.83. The van der Waals surface area contributed by atoms with E-state index in [-0.39, 0.29) is 0 Å². The summed E-state index contributed by atoms with van der Waals surface area (Å²) < 4.78 is 5.19. The Balaban J connectivity index is 1.87. The maximum atomic E-state index is 5.19. The number of nitrogens with zero attached hydrogens (tertiary/aromatic N) is 1. The van der Waals surface area contributed by atoms with Crippen LogP contribution in [0.4, 0.5) is 0 Å². The number of hydrogen-bond acceptors (Lipinski definition) is 3. The van der Waals surface area contributed by atoms with E-state index < -0.39 is 0 Å². The molecular weight excluding hydrogens is 236 g/mol. The molecule has 1 aromatic rings. The summed E-state index contributed by atoms with van der Waals surface area (Å²) in [7, 11) is 6.07. The molecule has 2 atom stereocenters. The fourth-order valence-electron chi connectivity index (χ4n) is 2.56. The molecule has 19 heavy (non-hydrogen) atoms. The van der Waals surface area contributed by atoms with Crippen LogP contribution in [-0.2, 0) is 0 Å². The first-order valence-corrected chi connectivity index (χ1v) is 7.15. The van der Waals surface area contributed by atoms with Gasteiger partial charge in [-0.2, -0.15) is 0 Å². The van der Waals surface area contributed by atoms with Crippen LogP contribution in [-0.4, -0.2) is 38.7 Å². The van der Waals surface area contributed by atoms with Gasteiger partial charge in [-0.3, -0.25) is 0 Å². The van der Waals surface area contributed by atoms with Gasteiger partial charge in [-0.1, -0.05) is 12.1 Å². The Bertz CT molecular complexity index is 382. The van der Waals surface area contributed by atoms with Gasteiger partial charge >= 0.3 is 0 Å². The molecule has 0 heterocycles. The molecule has 0 spiro atoms. The first kappa shape index (κ1) is 14.4. The zero-order valence-corrected chi connectivity index (χ0v) is 12.5. The molecule has 0 amide bonds. The summed E-state index contributed by atoms with van der Waals surface area (Å²) in [5.74, 6) is 1.81. The van der Waals surface area contributed by atoms with Crippen molar-refractivity contribution in [2.75, 3.05) is 27.7 Å². The van der Waals surface area contributed by atoms with E-state index in [1.165, 1.54) is 18.4 Å². The first-order chi connectivity index (χ1) is 9.11. The fourth-order valence-corrected chi connectivity index (χ4v) is 2.56. The average Bonchev–Trinajstić information content (AvgIpc) is 3.23. The second kappa shape index (κ2) is 6.40. The van der Waals surface area contributed by atoms with Crippen molar-refractivity contribution >= 4 is 0 Å². The van der Waals surface area contributed by atoms with Crippen LogP contribution in [0, 0.1) is 5.92 Å². The van der Waals surface area contributed by atoms with Crippen LogP contribution in [0.25, 0.3) is 0 Å². The molecule has 1 fully saturated rings. The zero-order valence-electron chi connectivity index (χ0n) is 12.5. The molecule has 1 aliphatic carbocycles. The van der Waals surface area contributed by atoms with E-state index in [9.17, 15) is 0 Å². The van der Waals surface area contributed by atoms with Crippen molar-refractivity contribution in [2.45, 2.75) is 31.8 Å². The van der Waals surface area contributed by atoms with Gasteiger partial charge < -0.3 is 15.0 Å². The molecule has 0 saturated heterocycles. The maximum Gasteiger partial charge on any atom is 0.118 e. The minimum Gasteiger partial charge on any atom is -0.497 e. The highest BCUT2D eigenvalue weighted by Crippen LogP contribution is 2.34. The summed E-state index contributed by atoms with van der Waals surface area (Å²) in [6.45, 7) is 3.28. The van der Waals surface area contributed by atoms with Crippen molar-refractivity contribution in [3.8, 4) is 5.75 Å². The van der Waals surface area contributed by atoms with E-state index in [0.29, 0.717) is 12.1 Å². The lowest BCUT2D eigenvalue weighted by atomic mass is 10.1. The number of ether oxygens (including phenoxy) is 1. The highest BCUT2D eigenvalue weighted by atomic mass is 16.5. The van der Waals surface area contributed by atoms with E-state index >= 15 is 0 Å². The van der Waals surface area contributed by atoms with E-state index in [0.717, 1.165) is 18.2 Å². The van der Waals surface area contributed by atoms with E-state index in [4.69, 9.17) is 4.74 Å². The van der Waals surface area contributed by atoms with Crippen molar-refractivity contribution < 1.29 is 4.74 Å². The molecular formula is C16H26N2O. The zero-order chi connectivity index (χ0) is 13.8. The molecule has 1 aliphatic rings. The van der Waals surface area contributed by atoms with E-state index in [1.54, 1.807) is 7.11 Å².